The molecule has 0 heterocycles. The maximum atomic E-state index is 11.8. The van der Waals surface area contributed by atoms with Crippen LogP contribution in [0.15, 0.2) is 29.2 Å². The molecule has 0 aromatic heterocycles. The molecule has 118 valence electrons. The molecule has 0 radical (unpaired) electrons. The molecule has 3 nitrogen and oxygen atoms in total. The molecule has 1 aromatic rings. The first-order valence-electron chi connectivity index (χ1n) is 7.82. The summed E-state index contributed by atoms with van der Waals surface area (Å²) in [6.07, 6.45) is 2.10. The molecule has 0 saturated carbocycles. The van der Waals surface area contributed by atoms with Crippen LogP contribution >= 0.6 is 11.8 Å². The predicted octanol–water partition coefficient (Wildman–Crippen LogP) is 3.75. The Balaban J connectivity index is 2.50. The Morgan fingerprint density at radius 2 is 2.05 bits per heavy atom. The lowest BCUT2D eigenvalue weighted by atomic mass is 10.1. The van der Waals surface area contributed by atoms with Crippen molar-refractivity contribution in [1.29, 1.82) is 0 Å². The molecule has 2 unspecified atom stereocenters. The van der Waals surface area contributed by atoms with E-state index in [4.69, 9.17) is 0 Å². The number of carbonyl (C=O) groups is 1. The third-order valence-corrected chi connectivity index (χ3v) is 4.44. The van der Waals surface area contributed by atoms with Crippen molar-refractivity contribution in [2.45, 2.75) is 57.5 Å². The van der Waals surface area contributed by atoms with E-state index in [0.29, 0.717) is 11.8 Å². The summed E-state index contributed by atoms with van der Waals surface area (Å²) in [6.45, 7) is 9.48. The van der Waals surface area contributed by atoms with E-state index in [-0.39, 0.29) is 11.9 Å². The van der Waals surface area contributed by atoms with Crippen LogP contribution in [-0.4, -0.2) is 24.2 Å². The summed E-state index contributed by atoms with van der Waals surface area (Å²) in [6, 6.07) is 9.04. The number of rotatable bonds is 9. The summed E-state index contributed by atoms with van der Waals surface area (Å²) in [5.74, 6) is 0.585. The molecule has 1 rings (SSSR count). The molecule has 0 aliphatic rings. The second kappa shape index (κ2) is 9.85. The SMILES string of the molecule is CCCNC(C)c1cccc(SCC(=O)NC(C)CC)c1. The number of thioether (sulfide) groups is 1. The van der Waals surface area contributed by atoms with Crippen molar-refractivity contribution in [3.8, 4) is 0 Å². The highest BCUT2D eigenvalue weighted by Crippen LogP contribution is 2.22. The summed E-state index contributed by atoms with van der Waals surface area (Å²) in [4.78, 5) is 13.0. The average Bonchev–Trinajstić information content (AvgIpc) is 2.50. The maximum Gasteiger partial charge on any atom is 0.230 e. The van der Waals surface area contributed by atoms with Gasteiger partial charge in [0.2, 0.25) is 5.91 Å². The third-order valence-electron chi connectivity index (χ3n) is 3.45. The first kappa shape index (κ1) is 18.1. The predicted molar refractivity (Wildman–Crippen MR) is 91.8 cm³/mol. The lowest BCUT2D eigenvalue weighted by Gasteiger charge is -2.15. The van der Waals surface area contributed by atoms with Crippen LogP contribution in [0.5, 0.6) is 0 Å². The number of amides is 1. The molecular weight excluding hydrogens is 280 g/mol. The lowest BCUT2D eigenvalue weighted by Crippen LogP contribution is -2.33. The fourth-order valence-electron chi connectivity index (χ4n) is 1.92. The number of carbonyl (C=O) groups excluding carboxylic acids is 1. The molecule has 2 N–H and O–H groups in total. The van der Waals surface area contributed by atoms with Gasteiger partial charge in [0.05, 0.1) is 5.75 Å². The molecule has 1 aromatic carbocycles. The van der Waals surface area contributed by atoms with Crippen LogP contribution < -0.4 is 10.6 Å². The quantitative estimate of drug-likeness (QED) is 0.683. The van der Waals surface area contributed by atoms with Crippen LogP contribution in [0.4, 0.5) is 0 Å². The van der Waals surface area contributed by atoms with Crippen LogP contribution in [0.3, 0.4) is 0 Å². The summed E-state index contributed by atoms with van der Waals surface area (Å²) in [5, 5.41) is 6.48. The van der Waals surface area contributed by atoms with Crippen LogP contribution in [0, 0.1) is 0 Å². The molecule has 1 amide bonds. The minimum Gasteiger partial charge on any atom is -0.353 e. The molecule has 0 aliphatic carbocycles. The van der Waals surface area contributed by atoms with Crippen molar-refractivity contribution in [1.82, 2.24) is 10.6 Å². The van der Waals surface area contributed by atoms with Gasteiger partial charge in [-0.3, -0.25) is 4.79 Å². The zero-order valence-corrected chi connectivity index (χ0v) is 14.4. The van der Waals surface area contributed by atoms with Gasteiger partial charge >= 0.3 is 0 Å². The largest absolute Gasteiger partial charge is 0.353 e. The maximum absolute atomic E-state index is 11.8. The van der Waals surface area contributed by atoms with Gasteiger partial charge in [0.15, 0.2) is 0 Å². The van der Waals surface area contributed by atoms with Gasteiger partial charge in [-0.15, -0.1) is 11.8 Å². The van der Waals surface area contributed by atoms with Crippen LogP contribution in [0.1, 0.15) is 52.1 Å². The Bertz CT molecular complexity index is 437. The van der Waals surface area contributed by atoms with Crippen molar-refractivity contribution >= 4 is 17.7 Å². The Kier molecular flexibility index (Phi) is 8.47. The van der Waals surface area contributed by atoms with Crippen molar-refractivity contribution in [3.05, 3.63) is 29.8 Å². The number of nitrogens with one attached hydrogen (secondary N) is 2. The fraction of sp³-hybridized carbons (Fsp3) is 0.588. The van der Waals surface area contributed by atoms with Gasteiger partial charge in [0, 0.05) is 17.0 Å². The summed E-state index contributed by atoms with van der Waals surface area (Å²) >= 11 is 1.60. The number of benzene rings is 1. The van der Waals surface area contributed by atoms with E-state index in [0.717, 1.165) is 24.3 Å². The zero-order chi connectivity index (χ0) is 15.7. The molecule has 0 aliphatic heterocycles. The van der Waals surface area contributed by atoms with E-state index in [2.05, 4.69) is 55.7 Å². The smallest absolute Gasteiger partial charge is 0.230 e. The normalized spacial score (nSPS) is 13.7. The minimum atomic E-state index is 0.108. The van der Waals surface area contributed by atoms with Crippen molar-refractivity contribution in [3.63, 3.8) is 0 Å². The van der Waals surface area contributed by atoms with Gasteiger partial charge in [-0.05, 0) is 50.9 Å². The highest BCUT2D eigenvalue weighted by molar-refractivity contribution is 8.00. The van der Waals surface area contributed by atoms with Gasteiger partial charge in [0.1, 0.15) is 0 Å². The summed E-state index contributed by atoms with van der Waals surface area (Å²) < 4.78 is 0. The van der Waals surface area contributed by atoms with Gasteiger partial charge in [-0.1, -0.05) is 26.0 Å². The number of hydrogen-bond donors (Lipinski definition) is 2. The standard InChI is InChI=1S/C17H28N2OS/c1-5-10-18-14(4)15-8-7-9-16(11-15)21-12-17(20)19-13(3)6-2/h7-9,11,13-14,18H,5-6,10,12H2,1-4H3,(H,19,20). The van der Waals surface area contributed by atoms with Crippen molar-refractivity contribution < 1.29 is 4.79 Å². The van der Waals surface area contributed by atoms with Crippen LogP contribution in [0.2, 0.25) is 0 Å². The highest BCUT2D eigenvalue weighted by atomic mass is 32.2. The van der Waals surface area contributed by atoms with E-state index in [1.165, 1.54) is 5.56 Å². The second-order valence-electron chi connectivity index (χ2n) is 5.41. The average molecular weight is 308 g/mol. The molecule has 0 bridgehead atoms. The van der Waals surface area contributed by atoms with E-state index in [1.807, 2.05) is 6.92 Å². The van der Waals surface area contributed by atoms with Crippen LogP contribution in [0.25, 0.3) is 0 Å². The van der Waals surface area contributed by atoms with Crippen molar-refractivity contribution in [2.75, 3.05) is 12.3 Å². The van der Waals surface area contributed by atoms with E-state index in [9.17, 15) is 4.79 Å². The Morgan fingerprint density at radius 3 is 2.71 bits per heavy atom. The fourth-order valence-corrected chi connectivity index (χ4v) is 2.70. The number of hydrogen-bond acceptors (Lipinski definition) is 3. The van der Waals surface area contributed by atoms with E-state index in [1.54, 1.807) is 11.8 Å². The van der Waals surface area contributed by atoms with Gasteiger partial charge in [-0.2, -0.15) is 0 Å². The Hall–Kier alpha value is -1.00. The second-order valence-corrected chi connectivity index (χ2v) is 6.46. The molecule has 0 saturated heterocycles. The van der Waals surface area contributed by atoms with Gasteiger partial charge < -0.3 is 10.6 Å². The minimum absolute atomic E-state index is 0.108. The van der Waals surface area contributed by atoms with Crippen LogP contribution in [-0.2, 0) is 4.79 Å². The van der Waals surface area contributed by atoms with Crippen molar-refractivity contribution in [2.24, 2.45) is 0 Å². The monoisotopic (exact) mass is 308 g/mol. The van der Waals surface area contributed by atoms with E-state index < -0.39 is 0 Å². The third kappa shape index (κ3) is 7.00. The van der Waals surface area contributed by atoms with E-state index >= 15 is 0 Å². The molecule has 0 spiro atoms. The molecule has 4 heteroatoms. The van der Waals surface area contributed by atoms with Gasteiger partial charge in [-0.25, -0.2) is 0 Å². The Morgan fingerprint density at radius 1 is 1.29 bits per heavy atom. The Labute approximate surface area is 133 Å². The lowest BCUT2D eigenvalue weighted by molar-refractivity contribution is -0.119. The molecule has 2 atom stereocenters. The summed E-state index contributed by atoms with van der Waals surface area (Å²) in [5.41, 5.74) is 1.27. The van der Waals surface area contributed by atoms with Gasteiger partial charge in [0.25, 0.3) is 0 Å². The first-order valence-corrected chi connectivity index (χ1v) is 8.80. The topological polar surface area (TPSA) is 41.1 Å². The molecule has 21 heavy (non-hydrogen) atoms. The molecular formula is C17H28N2OS. The first-order chi connectivity index (χ1) is 10.1. The summed E-state index contributed by atoms with van der Waals surface area (Å²) in [7, 11) is 0. The molecule has 0 fully saturated rings. The zero-order valence-electron chi connectivity index (χ0n) is 13.6. The highest BCUT2D eigenvalue weighted by Gasteiger charge is 2.08.